The fourth-order valence-electron chi connectivity index (χ4n) is 2.67. The quantitative estimate of drug-likeness (QED) is 0.423. The van der Waals surface area contributed by atoms with E-state index in [4.69, 9.17) is 14.2 Å². The Morgan fingerprint density at radius 1 is 1.00 bits per heavy atom. The zero-order chi connectivity index (χ0) is 21.6. The number of esters is 1. The van der Waals surface area contributed by atoms with Crippen LogP contribution in [0.15, 0.2) is 54.6 Å². The van der Waals surface area contributed by atoms with Crippen LogP contribution < -0.4 is 10.1 Å². The minimum absolute atomic E-state index is 0.106. The number of hydrogen-bond donors (Lipinski definition) is 1. The van der Waals surface area contributed by atoms with Gasteiger partial charge in [0, 0.05) is 12.8 Å². The third kappa shape index (κ3) is 8.34. The summed E-state index contributed by atoms with van der Waals surface area (Å²) in [4.78, 5) is 34.7. The minimum Gasteiger partial charge on any atom is -0.494 e. The Morgan fingerprint density at radius 2 is 1.73 bits per heavy atom. The van der Waals surface area contributed by atoms with Crippen molar-refractivity contribution in [3.8, 4) is 5.75 Å². The largest absolute Gasteiger partial charge is 0.494 e. The number of alkyl carbamates (subject to hydrolysis) is 1. The van der Waals surface area contributed by atoms with Gasteiger partial charge in [0.25, 0.3) is 0 Å². The number of carbonyl (C=O) groups is 3. The minimum atomic E-state index is -0.875. The lowest BCUT2D eigenvalue weighted by Crippen LogP contribution is -2.43. The van der Waals surface area contributed by atoms with Crippen molar-refractivity contribution in [1.29, 1.82) is 0 Å². The highest BCUT2D eigenvalue weighted by molar-refractivity contribution is 5.81. The van der Waals surface area contributed by atoms with Crippen molar-refractivity contribution in [3.05, 3.63) is 65.7 Å². The topological polar surface area (TPSA) is 90.9 Å². The highest BCUT2D eigenvalue weighted by Crippen LogP contribution is 2.14. The predicted octanol–water partition coefficient (Wildman–Crippen LogP) is 3.45. The molecule has 0 aliphatic rings. The van der Waals surface area contributed by atoms with Crippen LogP contribution in [0.4, 0.5) is 4.79 Å². The van der Waals surface area contributed by atoms with Crippen molar-refractivity contribution in [2.75, 3.05) is 13.2 Å². The molecular formula is C23H27NO6. The Hall–Kier alpha value is -3.35. The van der Waals surface area contributed by atoms with Crippen LogP contribution in [0.2, 0.25) is 0 Å². The molecule has 0 aliphatic carbocycles. The summed E-state index contributed by atoms with van der Waals surface area (Å²) in [6, 6.07) is 15.8. The Morgan fingerprint density at radius 3 is 2.40 bits per heavy atom. The summed E-state index contributed by atoms with van der Waals surface area (Å²) < 4.78 is 15.9. The zero-order valence-electron chi connectivity index (χ0n) is 17.0. The molecule has 2 rings (SSSR count). The summed E-state index contributed by atoms with van der Waals surface area (Å²) in [5, 5.41) is 2.54. The Balaban J connectivity index is 1.82. The van der Waals surface area contributed by atoms with E-state index in [2.05, 4.69) is 5.32 Å². The lowest BCUT2D eigenvalue weighted by Gasteiger charge is -2.17. The van der Waals surface area contributed by atoms with Gasteiger partial charge >= 0.3 is 12.1 Å². The maximum absolute atomic E-state index is 12.2. The molecule has 1 unspecified atom stereocenters. The van der Waals surface area contributed by atoms with Crippen molar-refractivity contribution in [2.45, 2.75) is 38.8 Å². The van der Waals surface area contributed by atoms with E-state index < -0.39 is 18.1 Å². The molecule has 30 heavy (non-hydrogen) atoms. The molecule has 0 bridgehead atoms. The number of amides is 1. The van der Waals surface area contributed by atoms with Crippen LogP contribution in [-0.2, 0) is 32.1 Å². The second kappa shape index (κ2) is 13.0. The number of nitrogens with one attached hydrogen (secondary N) is 1. The van der Waals surface area contributed by atoms with Gasteiger partial charge in [0.1, 0.15) is 24.7 Å². The smallest absolute Gasteiger partial charge is 0.408 e. The number of aldehydes is 1. The van der Waals surface area contributed by atoms with E-state index in [0.29, 0.717) is 18.6 Å². The van der Waals surface area contributed by atoms with Gasteiger partial charge in [-0.25, -0.2) is 9.59 Å². The SMILES string of the molecule is CCOC(=O)C(CCOc1ccc(CCC=O)cc1)NC(=O)OCc1ccccc1. The van der Waals surface area contributed by atoms with Crippen molar-refractivity contribution in [3.63, 3.8) is 0 Å². The van der Waals surface area contributed by atoms with E-state index in [1.165, 1.54) is 0 Å². The van der Waals surface area contributed by atoms with Crippen LogP contribution in [0.25, 0.3) is 0 Å². The van der Waals surface area contributed by atoms with E-state index >= 15 is 0 Å². The summed E-state index contributed by atoms with van der Waals surface area (Å²) in [7, 11) is 0. The molecule has 7 nitrogen and oxygen atoms in total. The number of aryl methyl sites for hydroxylation is 1. The summed E-state index contributed by atoms with van der Waals surface area (Å²) in [6.45, 7) is 2.22. The average Bonchev–Trinajstić information content (AvgIpc) is 2.77. The first-order valence-electron chi connectivity index (χ1n) is 9.91. The summed E-state index contributed by atoms with van der Waals surface area (Å²) in [5.74, 6) is 0.0982. The van der Waals surface area contributed by atoms with E-state index in [0.717, 1.165) is 17.4 Å². The van der Waals surface area contributed by atoms with Gasteiger partial charge in [0.05, 0.1) is 13.2 Å². The number of ether oxygens (including phenoxy) is 3. The molecule has 1 N–H and O–H groups in total. The Bertz CT molecular complexity index is 791. The van der Waals surface area contributed by atoms with Crippen LogP contribution in [0.1, 0.15) is 30.9 Å². The Labute approximate surface area is 176 Å². The van der Waals surface area contributed by atoms with Crippen LogP contribution in [0.3, 0.4) is 0 Å². The molecule has 7 heteroatoms. The van der Waals surface area contributed by atoms with Crippen LogP contribution in [0, 0.1) is 0 Å². The normalized spacial score (nSPS) is 11.2. The lowest BCUT2D eigenvalue weighted by atomic mass is 10.1. The zero-order valence-corrected chi connectivity index (χ0v) is 17.0. The number of benzene rings is 2. The fraction of sp³-hybridized carbons (Fsp3) is 0.348. The molecule has 160 valence electrons. The third-order valence-corrected chi connectivity index (χ3v) is 4.23. The van der Waals surface area contributed by atoms with E-state index in [9.17, 15) is 14.4 Å². The highest BCUT2D eigenvalue weighted by atomic mass is 16.6. The van der Waals surface area contributed by atoms with Gasteiger partial charge < -0.3 is 24.3 Å². The van der Waals surface area contributed by atoms with E-state index in [1.54, 1.807) is 19.1 Å². The third-order valence-electron chi connectivity index (χ3n) is 4.23. The number of carbonyl (C=O) groups excluding carboxylic acids is 3. The second-order valence-corrected chi connectivity index (χ2v) is 6.50. The summed E-state index contributed by atoms with van der Waals surface area (Å²) in [6.07, 6.45) is 1.58. The molecule has 0 heterocycles. The van der Waals surface area contributed by atoms with E-state index in [-0.39, 0.29) is 26.2 Å². The molecular weight excluding hydrogens is 386 g/mol. The van der Waals surface area contributed by atoms with Gasteiger partial charge in [-0.3, -0.25) is 0 Å². The van der Waals surface area contributed by atoms with Gasteiger partial charge in [-0.15, -0.1) is 0 Å². The molecule has 2 aromatic carbocycles. The molecule has 0 spiro atoms. The van der Waals surface area contributed by atoms with Gasteiger partial charge in [-0.05, 0) is 36.6 Å². The first-order valence-corrected chi connectivity index (χ1v) is 9.91. The number of hydrogen-bond acceptors (Lipinski definition) is 6. The molecule has 1 amide bonds. The van der Waals surface area contributed by atoms with Gasteiger partial charge in [-0.1, -0.05) is 42.5 Å². The molecule has 0 radical (unpaired) electrons. The van der Waals surface area contributed by atoms with Crippen molar-refractivity contribution in [2.24, 2.45) is 0 Å². The fourth-order valence-corrected chi connectivity index (χ4v) is 2.67. The molecule has 0 saturated carbocycles. The van der Waals surface area contributed by atoms with Crippen molar-refractivity contribution < 1.29 is 28.6 Å². The maximum Gasteiger partial charge on any atom is 0.408 e. The summed E-state index contributed by atoms with van der Waals surface area (Å²) in [5.41, 5.74) is 1.89. The standard InChI is InChI=1S/C23H27NO6/c1-2-28-22(26)21(24-23(27)30-17-19-7-4-3-5-8-19)14-16-29-20-12-10-18(11-13-20)9-6-15-25/h3-5,7-8,10-13,15,21H,2,6,9,14,16-17H2,1H3,(H,24,27). The van der Waals surface area contributed by atoms with Crippen molar-refractivity contribution >= 4 is 18.3 Å². The molecule has 0 aliphatic heterocycles. The first-order chi connectivity index (χ1) is 14.6. The first kappa shape index (κ1) is 22.9. The monoisotopic (exact) mass is 413 g/mol. The summed E-state index contributed by atoms with van der Waals surface area (Å²) >= 11 is 0. The van der Waals surface area contributed by atoms with Crippen LogP contribution >= 0.6 is 0 Å². The number of rotatable bonds is 12. The van der Waals surface area contributed by atoms with Crippen LogP contribution in [-0.4, -0.2) is 37.6 Å². The van der Waals surface area contributed by atoms with Gasteiger partial charge in [0.2, 0.25) is 0 Å². The molecule has 1 atom stereocenters. The molecule has 0 saturated heterocycles. The molecule has 0 aromatic heterocycles. The Kier molecular flexibility index (Phi) is 9.92. The lowest BCUT2D eigenvalue weighted by molar-refractivity contribution is -0.145. The second-order valence-electron chi connectivity index (χ2n) is 6.50. The van der Waals surface area contributed by atoms with Gasteiger partial charge in [0.15, 0.2) is 0 Å². The average molecular weight is 413 g/mol. The predicted molar refractivity (Wildman–Crippen MR) is 111 cm³/mol. The van der Waals surface area contributed by atoms with Crippen LogP contribution in [0.5, 0.6) is 5.75 Å². The van der Waals surface area contributed by atoms with Gasteiger partial charge in [-0.2, -0.15) is 0 Å². The van der Waals surface area contributed by atoms with Crippen molar-refractivity contribution in [1.82, 2.24) is 5.32 Å². The maximum atomic E-state index is 12.2. The molecule has 0 fully saturated rings. The van der Waals surface area contributed by atoms with E-state index in [1.807, 2.05) is 42.5 Å². The highest BCUT2D eigenvalue weighted by Gasteiger charge is 2.23. The molecule has 2 aromatic rings.